The smallest absolute Gasteiger partial charge is 0.306 e. The molecule has 0 atom stereocenters. The number of aromatic amines is 1. The minimum atomic E-state index is -0.783. The Hall–Kier alpha value is -3.64. The molecule has 0 saturated heterocycles. The van der Waals surface area contributed by atoms with E-state index in [1.54, 1.807) is 0 Å². The van der Waals surface area contributed by atoms with Crippen molar-refractivity contribution < 1.29 is 19.4 Å². The summed E-state index contributed by atoms with van der Waals surface area (Å²) in [6.45, 7) is 5.91. The van der Waals surface area contributed by atoms with Gasteiger partial charge in [0.2, 0.25) is 0 Å². The Morgan fingerprint density at radius 2 is 1.69 bits per heavy atom. The molecule has 0 unspecified atom stereocenters. The maximum absolute atomic E-state index is 11.0. The Kier molecular flexibility index (Phi) is 7.75. The number of allylic oxidation sites excluding steroid dienone is 2. The molecule has 1 aliphatic carbocycles. The SMILES string of the molecule is CC(C)=c1nc(O[C@H]2C[C@@H](C(=O)O)C2)[nH]/c1=C/C(Cl)=C(\C)c1ccc(-c2ccc(CC=O)cc2)cc1. The lowest BCUT2D eigenvalue weighted by molar-refractivity contribution is -0.148. The molecule has 186 valence electrons. The molecule has 6 nitrogen and oxygen atoms in total. The zero-order chi connectivity index (χ0) is 25.8. The summed E-state index contributed by atoms with van der Waals surface area (Å²) in [4.78, 5) is 29.5. The van der Waals surface area contributed by atoms with Crippen molar-refractivity contribution >= 4 is 41.1 Å². The van der Waals surface area contributed by atoms with Gasteiger partial charge in [0.25, 0.3) is 6.01 Å². The summed E-state index contributed by atoms with van der Waals surface area (Å²) in [7, 11) is 0. The number of carboxylic acids is 1. The van der Waals surface area contributed by atoms with E-state index >= 15 is 0 Å². The Labute approximate surface area is 215 Å². The van der Waals surface area contributed by atoms with E-state index in [0.29, 0.717) is 30.3 Å². The molecule has 0 aliphatic heterocycles. The van der Waals surface area contributed by atoms with Crippen molar-refractivity contribution in [1.29, 1.82) is 0 Å². The van der Waals surface area contributed by atoms with Gasteiger partial charge in [0.15, 0.2) is 0 Å². The van der Waals surface area contributed by atoms with E-state index in [0.717, 1.165) is 50.4 Å². The van der Waals surface area contributed by atoms with Gasteiger partial charge in [-0.15, -0.1) is 0 Å². The van der Waals surface area contributed by atoms with Crippen molar-refractivity contribution in [3.05, 3.63) is 75.4 Å². The minimum absolute atomic E-state index is 0.150. The predicted octanol–water partition coefficient (Wildman–Crippen LogP) is 4.70. The maximum Gasteiger partial charge on any atom is 0.306 e. The van der Waals surface area contributed by atoms with E-state index in [1.165, 1.54) is 0 Å². The fraction of sp³-hybridized carbons (Fsp3) is 0.276. The van der Waals surface area contributed by atoms with Crippen molar-refractivity contribution in [2.24, 2.45) is 5.92 Å². The lowest BCUT2D eigenvalue weighted by Gasteiger charge is -2.31. The molecule has 4 rings (SSSR count). The zero-order valence-electron chi connectivity index (χ0n) is 20.5. The number of rotatable bonds is 8. The second-order valence-electron chi connectivity index (χ2n) is 9.31. The molecule has 7 heteroatoms. The van der Waals surface area contributed by atoms with Crippen molar-refractivity contribution in [3.8, 4) is 17.1 Å². The monoisotopic (exact) mass is 504 g/mol. The average Bonchev–Trinajstić information content (AvgIpc) is 3.24. The number of ether oxygens (including phenoxy) is 1. The van der Waals surface area contributed by atoms with Crippen LogP contribution in [0.15, 0.2) is 53.6 Å². The van der Waals surface area contributed by atoms with Crippen LogP contribution < -0.4 is 15.4 Å². The molecule has 1 aromatic heterocycles. The quantitative estimate of drug-likeness (QED) is 0.434. The average molecular weight is 505 g/mol. The van der Waals surface area contributed by atoms with Gasteiger partial charge in [-0.2, -0.15) is 4.98 Å². The molecule has 2 N–H and O–H groups in total. The second kappa shape index (κ2) is 11.0. The summed E-state index contributed by atoms with van der Waals surface area (Å²) in [5, 5.41) is 11.2. The number of nitrogens with one attached hydrogen (secondary N) is 1. The summed E-state index contributed by atoms with van der Waals surface area (Å²) < 4.78 is 5.87. The Morgan fingerprint density at radius 1 is 1.08 bits per heavy atom. The molecule has 0 radical (unpaired) electrons. The first kappa shape index (κ1) is 25.5. The normalized spacial score (nSPS) is 18.3. The number of hydrogen-bond donors (Lipinski definition) is 2. The van der Waals surface area contributed by atoms with E-state index in [1.807, 2.05) is 63.2 Å². The van der Waals surface area contributed by atoms with Crippen LogP contribution in [0.25, 0.3) is 28.3 Å². The first-order valence-corrected chi connectivity index (χ1v) is 12.3. The Morgan fingerprint density at radius 3 is 2.25 bits per heavy atom. The third-order valence-electron chi connectivity index (χ3n) is 6.46. The van der Waals surface area contributed by atoms with E-state index in [4.69, 9.17) is 21.4 Å². The van der Waals surface area contributed by atoms with Gasteiger partial charge in [-0.05, 0) is 73.1 Å². The molecular weight excluding hydrogens is 476 g/mol. The van der Waals surface area contributed by atoms with E-state index in [9.17, 15) is 9.59 Å². The minimum Gasteiger partial charge on any atom is -0.481 e. The molecule has 36 heavy (non-hydrogen) atoms. The molecule has 2 aromatic carbocycles. The molecule has 1 fully saturated rings. The van der Waals surface area contributed by atoms with Crippen LogP contribution >= 0.6 is 11.6 Å². The summed E-state index contributed by atoms with van der Waals surface area (Å²) in [5.41, 5.74) is 6.09. The van der Waals surface area contributed by atoms with Crippen LogP contribution in [-0.4, -0.2) is 33.4 Å². The largest absolute Gasteiger partial charge is 0.481 e. The lowest BCUT2D eigenvalue weighted by Crippen LogP contribution is -2.38. The molecular formula is C29H29ClN2O4. The van der Waals surface area contributed by atoms with Crippen molar-refractivity contribution in [2.45, 2.75) is 46.1 Å². The number of carbonyl (C=O) groups is 2. The summed E-state index contributed by atoms with van der Waals surface area (Å²) in [6, 6.07) is 16.5. The molecule has 3 aromatic rings. The third-order valence-corrected chi connectivity index (χ3v) is 6.85. The summed E-state index contributed by atoms with van der Waals surface area (Å²) in [5.74, 6) is -1.13. The highest BCUT2D eigenvalue weighted by Crippen LogP contribution is 2.30. The predicted molar refractivity (Wildman–Crippen MR) is 142 cm³/mol. The molecule has 1 saturated carbocycles. The summed E-state index contributed by atoms with van der Waals surface area (Å²) >= 11 is 6.72. The molecule has 1 aliphatic rings. The Balaban J connectivity index is 1.55. The van der Waals surface area contributed by atoms with Crippen molar-refractivity contribution in [1.82, 2.24) is 9.97 Å². The number of hydrogen-bond acceptors (Lipinski definition) is 4. The number of benzene rings is 2. The highest BCUT2D eigenvalue weighted by atomic mass is 35.5. The van der Waals surface area contributed by atoms with Crippen LogP contribution in [0.4, 0.5) is 0 Å². The topological polar surface area (TPSA) is 92.3 Å². The van der Waals surface area contributed by atoms with Gasteiger partial charge < -0.3 is 19.6 Å². The van der Waals surface area contributed by atoms with Crippen LogP contribution in [0.2, 0.25) is 0 Å². The van der Waals surface area contributed by atoms with Crippen LogP contribution in [0, 0.1) is 5.92 Å². The zero-order valence-corrected chi connectivity index (χ0v) is 21.3. The highest BCUT2D eigenvalue weighted by molar-refractivity contribution is 6.37. The van der Waals surface area contributed by atoms with E-state index < -0.39 is 5.97 Å². The molecule has 0 spiro atoms. The third kappa shape index (κ3) is 5.77. The lowest BCUT2D eigenvalue weighted by atomic mass is 9.82. The van der Waals surface area contributed by atoms with Gasteiger partial charge >= 0.3 is 5.97 Å². The van der Waals surface area contributed by atoms with Gasteiger partial charge in [-0.25, -0.2) is 0 Å². The number of carboxylic acid groups (broad SMARTS) is 1. The first-order valence-electron chi connectivity index (χ1n) is 11.9. The number of nitrogens with zero attached hydrogens (tertiary/aromatic N) is 1. The number of H-pyrrole nitrogens is 1. The molecule has 0 amide bonds. The second-order valence-corrected chi connectivity index (χ2v) is 9.72. The van der Waals surface area contributed by atoms with Gasteiger partial charge in [-0.1, -0.05) is 60.1 Å². The number of aliphatic carboxylic acids is 1. The first-order chi connectivity index (χ1) is 17.2. The molecule has 0 bridgehead atoms. The van der Waals surface area contributed by atoms with E-state index in [-0.39, 0.29) is 12.0 Å². The van der Waals surface area contributed by atoms with Crippen molar-refractivity contribution in [3.63, 3.8) is 0 Å². The highest BCUT2D eigenvalue weighted by Gasteiger charge is 2.36. The standard InChI is InChI=1S/C29H29ClN2O4/c1-17(2)27-26(31-29(32-27)36-24-14-23(15-24)28(34)35)16-25(30)18(3)20-8-10-22(11-9-20)21-6-4-19(5-7-21)12-13-33/h4-11,13,16,23-24H,12,14-15H2,1-3H3,(H,31,32)(H,34,35)/b25-18-,26-16+/t23-,24+. The number of halogens is 1. The van der Waals surface area contributed by atoms with Crippen LogP contribution in [0.1, 0.15) is 44.7 Å². The number of aldehydes is 1. The van der Waals surface area contributed by atoms with Crippen LogP contribution in [0.5, 0.6) is 6.01 Å². The van der Waals surface area contributed by atoms with Crippen LogP contribution in [0.3, 0.4) is 0 Å². The number of imidazole rings is 1. The Bertz CT molecular complexity index is 1410. The number of carbonyl (C=O) groups excluding carboxylic acids is 1. The fourth-order valence-corrected chi connectivity index (χ4v) is 4.36. The number of aromatic nitrogens is 2. The summed E-state index contributed by atoms with van der Waals surface area (Å²) in [6.07, 6.45) is 3.99. The van der Waals surface area contributed by atoms with Crippen molar-refractivity contribution in [2.75, 3.05) is 0 Å². The van der Waals surface area contributed by atoms with Gasteiger partial charge in [0.05, 0.1) is 16.6 Å². The van der Waals surface area contributed by atoms with Gasteiger partial charge in [0, 0.05) is 11.5 Å². The van der Waals surface area contributed by atoms with E-state index in [2.05, 4.69) is 22.1 Å². The van der Waals surface area contributed by atoms with Gasteiger partial charge in [0.1, 0.15) is 12.4 Å². The fourth-order valence-electron chi connectivity index (χ4n) is 4.14. The van der Waals surface area contributed by atoms with Crippen LogP contribution in [-0.2, 0) is 16.0 Å². The molecule has 1 heterocycles. The maximum atomic E-state index is 11.0. The van der Waals surface area contributed by atoms with Gasteiger partial charge in [-0.3, -0.25) is 4.79 Å².